The zero-order valence-electron chi connectivity index (χ0n) is 22.5. The van der Waals surface area contributed by atoms with Gasteiger partial charge in [0.05, 0.1) is 18.5 Å². The topological polar surface area (TPSA) is 58.6 Å². The van der Waals surface area contributed by atoms with E-state index in [1.807, 2.05) is 17.0 Å². The maximum atomic E-state index is 13.7. The Kier molecular flexibility index (Phi) is 5.74. The lowest BCUT2D eigenvalue weighted by atomic mass is 9.74. The molecule has 4 aromatic rings. The van der Waals surface area contributed by atoms with E-state index >= 15 is 0 Å². The number of nitrogens with zero attached hydrogens (tertiary/aromatic N) is 4. The van der Waals surface area contributed by atoms with Crippen molar-refractivity contribution in [1.29, 1.82) is 0 Å². The van der Waals surface area contributed by atoms with Crippen molar-refractivity contribution >= 4 is 11.6 Å². The van der Waals surface area contributed by atoms with E-state index < -0.39 is 0 Å². The second-order valence-corrected chi connectivity index (χ2v) is 11.3. The van der Waals surface area contributed by atoms with Gasteiger partial charge in [-0.05, 0) is 98.9 Å². The van der Waals surface area contributed by atoms with Crippen LogP contribution in [-0.2, 0) is 11.8 Å². The number of likely N-dealkylation sites (tertiary alicyclic amines) is 1. The summed E-state index contributed by atoms with van der Waals surface area (Å²) >= 11 is 0. The molecule has 39 heavy (non-hydrogen) atoms. The smallest absolute Gasteiger partial charge is 0.258 e. The molecule has 1 spiro atoms. The zero-order valence-corrected chi connectivity index (χ0v) is 22.5. The van der Waals surface area contributed by atoms with E-state index in [-0.39, 0.29) is 11.3 Å². The van der Waals surface area contributed by atoms with Crippen molar-refractivity contribution in [3.8, 4) is 28.1 Å². The molecule has 6 nitrogen and oxygen atoms in total. The van der Waals surface area contributed by atoms with Crippen LogP contribution in [0.2, 0.25) is 0 Å². The van der Waals surface area contributed by atoms with Crippen molar-refractivity contribution in [3.63, 3.8) is 0 Å². The van der Waals surface area contributed by atoms with Crippen LogP contribution in [-0.4, -0.2) is 54.1 Å². The molecule has 3 aliphatic heterocycles. The van der Waals surface area contributed by atoms with E-state index in [0.29, 0.717) is 12.1 Å². The molecular formula is C33H32N4O2. The van der Waals surface area contributed by atoms with Crippen LogP contribution in [0, 0.1) is 6.92 Å². The van der Waals surface area contributed by atoms with Crippen molar-refractivity contribution in [2.75, 3.05) is 38.2 Å². The third-order valence-corrected chi connectivity index (χ3v) is 8.87. The fourth-order valence-electron chi connectivity index (χ4n) is 6.46. The Morgan fingerprint density at radius 2 is 1.74 bits per heavy atom. The van der Waals surface area contributed by atoms with Gasteiger partial charge in [-0.25, -0.2) is 0 Å². The largest absolute Gasteiger partial charge is 0.492 e. The molecule has 3 aromatic carbocycles. The van der Waals surface area contributed by atoms with E-state index in [9.17, 15) is 4.79 Å². The lowest BCUT2D eigenvalue weighted by Crippen LogP contribution is -2.42. The molecule has 1 fully saturated rings. The van der Waals surface area contributed by atoms with Gasteiger partial charge in [-0.3, -0.25) is 14.8 Å². The predicted molar refractivity (Wildman–Crippen MR) is 153 cm³/mol. The highest BCUT2D eigenvalue weighted by Crippen LogP contribution is 2.49. The number of aromatic nitrogens is 2. The molecule has 1 amide bonds. The number of carbonyl (C=O) groups is 1. The predicted octanol–water partition coefficient (Wildman–Crippen LogP) is 5.68. The third kappa shape index (κ3) is 4.10. The van der Waals surface area contributed by atoms with Crippen LogP contribution < -0.4 is 9.64 Å². The van der Waals surface area contributed by atoms with E-state index in [1.54, 1.807) is 18.6 Å². The van der Waals surface area contributed by atoms with Gasteiger partial charge in [-0.2, -0.15) is 0 Å². The van der Waals surface area contributed by atoms with Crippen LogP contribution in [0.25, 0.3) is 22.4 Å². The average molecular weight is 517 g/mol. The number of piperidine rings is 1. The first kappa shape index (κ1) is 24.0. The number of ether oxygens (including phenoxy) is 1. The van der Waals surface area contributed by atoms with Crippen LogP contribution >= 0.6 is 0 Å². The zero-order chi connectivity index (χ0) is 26.6. The quantitative estimate of drug-likeness (QED) is 0.351. The fourth-order valence-corrected chi connectivity index (χ4v) is 6.46. The monoisotopic (exact) mass is 516 g/mol. The van der Waals surface area contributed by atoms with Crippen molar-refractivity contribution in [1.82, 2.24) is 14.9 Å². The highest BCUT2D eigenvalue weighted by atomic mass is 16.5. The van der Waals surface area contributed by atoms with Crippen LogP contribution in [0.15, 0.2) is 73.2 Å². The minimum atomic E-state index is 0.0614. The minimum absolute atomic E-state index is 0.0614. The molecular weight excluding hydrogens is 484 g/mol. The standard InChI is InChI=1S/C33H32N4O2/c1-22-17-25(29-20-34-12-13-35-29)7-8-27(22)23-3-5-24(6-4-23)32(38)37-14-9-26-18-31-28(19-30(26)37)33(21-39-31)10-15-36(2)16-11-33/h3-8,12-13,17-20H,9-11,14-16,21H2,1-2H3. The van der Waals surface area contributed by atoms with Crippen LogP contribution in [0.3, 0.4) is 0 Å². The number of hydrogen-bond donors (Lipinski definition) is 0. The van der Waals surface area contributed by atoms with Gasteiger partial charge in [0, 0.05) is 46.7 Å². The summed E-state index contributed by atoms with van der Waals surface area (Å²) in [5, 5.41) is 0. The molecule has 0 bridgehead atoms. The highest BCUT2D eigenvalue weighted by molar-refractivity contribution is 6.07. The molecule has 4 heterocycles. The first-order chi connectivity index (χ1) is 19.0. The average Bonchev–Trinajstić information content (AvgIpc) is 3.55. The lowest BCUT2D eigenvalue weighted by molar-refractivity contribution is 0.0989. The SMILES string of the molecule is Cc1cc(-c2cnccn2)ccc1-c1ccc(C(=O)N2CCc3cc4c(cc32)C2(CCN(C)CC2)CO4)cc1. The van der Waals surface area contributed by atoms with Crippen LogP contribution in [0.4, 0.5) is 5.69 Å². The Bertz CT molecular complexity index is 1560. The maximum absolute atomic E-state index is 13.7. The molecule has 0 radical (unpaired) electrons. The van der Waals surface area contributed by atoms with Crippen LogP contribution in [0.5, 0.6) is 5.75 Å². The molecule has 3 aliphatic rings. The van der Waals surface area contributed by atoms with Crippen molar-refractivity contribution in [2.45, 2.75) is 31.6 Å². The van der Waals surface area contributed by atoms with Gasteiger partial charge in [0.2, 0.25) is 0 Å². The molecule has 1 aromatic heterocycles. The van der Waals surface area contributed by atoms with E-state index in [1.165, 1.54) is 11.1 Å². The number of carbonyl (C=O) groups excluding carboxylic acids is 1. The van der Waals surface area contributed by atoms with Gasteiger partial charge in [-0.1, -0.05) is 24.3 Å². The second-order valence-electron chi connectivity index (χ2n) is 11.3. The van der Waals surface area contributed by atoms with E-state index in [4.69, 9.17) is 4.74 Å². The lowest BCUT2D eigenvalue weighted by Gasteiger charge is -2.37. The minimum Gasteiger partial charge on any atom is -0.492 e. The molecule has 0 unspecified atom stereocenters. The first-order valence-electron chi connectivity index (χ1n) is 13.8. The van der Waals surface area contributed by atoms with Gasteiger partial charge >= 0.3 is 0 Å². The summed E-state index contributed by atoms with van der Waals surface area (Å²) < 4.78 is 6.20. The molecule has 6 heteroatoms. The van der Waals surface area contributed by atoms with Crippen molar-refractivity contribution < 1.29 is 9.53 Å². The fraction of sp³-hybridized carbons (Fsp3) is 0.303. The molecule has 1 saturated heterocycles. The molecule has 0 saturated carbocycles. The van der Waals surface area contributed by atoms with Crippen molar-refractivity contribution in [2.24, 2.45) is 0 Å². The third-order valence-electron chi connectivity index (χ3n) is 8.87. The second kappa shape index (κ2) is 9.31. The summed E-state index contributed by atoms with van der Waals surface area (Å²) in [7, 11) is 2.19. The number of hydrogen-bond acceptors (Lipinski definition) is 5. The summed E-state index contributed by atoms with van der Waals surface area (Å²) in [5.41, 5.74) is 9.66. The normalized spacial score (nSPS) is 17.6. The van der Waals surface area contributed by atoms with Crippen LogP contribution in [0.1, 0.15) is 39.9 Å². The number of fused-ring (bicyclic) bond motifs is 3. The van der Waals surface area contributed by atoms with Gasteiger partial charge in [0.25, 0.3) is 5.91 Å². The number of amides is 1. The van der Waals surface area contributed by atoms with Gasteiger partial charge in [-0.15, -0.1) is 0 Å². The summed E-state index contributed by atoms with van der Waals surface area (Å²) in [6, 6.07) is 18.8. The van der Waals surface area contributed by atoms with E-state index in [2.05, 4.69) is 71.3 Å². The summed E-state index contributed by atoms with van der Waals surface area (Å²) in [6.45, 7) is 5.73. The van der Waals surface area contributed by atoms with Gasteiger partial charge < -0.3 is 14.5 Å². The molecule has 7 rings (SSSR count). The Morgan fingerprint density at radius 1 is 0.949 bits per heavy atom. The molecule has 0 aliphatic carbocycles. The Balaban J connectivity index is 1.14. The van der Waals surface area contributed by atoms with Crippen molar-refractivity contribution in [3.05, 3.63) is 95.4 Å². The maximum Gasteiger partial charge on any atom is 0.258 e. The Morgan fingerprint density at radius 3 is 2.49 bits per heavy atom. The Labute approximate surface area is 229 Å². The number of benzene rings is 3. The van der Waals surface area contributed by atoms with E-state index in [0.717, 1.165) is 78.3 Å². The molecule has 0 atom stereocenters. The summed E-state index contributed by atoms with van der Waals surface area (Å²) in [5.74, 6) is 1.09. The summed E-state index contributed by atoms with van der Waals surface area (Å²) in [4.78, 5) is 26.7. The molecule has 0 N–H and O–H groups in total. The number of aryl methyl sites for hydroxylation is 1. The first-order valence-corrected chi connectivity index (χ1v) is 13.8. The molecule has 196 valence electrons. The van der Waals surface area contributed by atoms with Gasteiger partial charge in [0.1, 0.15) is 5.75 Å². The Hall–Kier alpha value is -4.03. The van der Waals surface area contributed by atoms with Gasteiger partial charge in [0.15, 0.2) is 0 Å². The number of rotatable bonds is 3. The highest BCUT2D eigenvalue weighted by Gasteiger charge is 2.44. The number of anilines is 1. The summed E-state index contributed by atoms with van der Waals surface area (Å²) in [6.07, 6.45) is 8.24.